The van der Waals surface area contributed by atoms with Crippen LogP contribution in [-0.2, 0) is 6.42 Å². The summed E-state index contributed by atoms with van der Waals surface area (Å²) >= 11 is 5.54. The molecule has 0 heterocycles. The fraction of sp³-hybridized carbons (Fsp3) is 0.333. The van der Waals surface area contributed by atoms with Crippen molar-refractivity contribution in [3.05, 3.63) is 28.5 Å². The summed E-state index contributed by atoms with van der Waals surface area (Å²) in [5.41, 5.74) is 0.818. The van der Waals surface area contributed by atoms with Crippen molar-refractivity contribution in [3.63, 3.8) is 0 Å². The molecular weight excluding hydrogens is 193 g/mol. The standard InChI is InChI=1S/C9H11ClFNO/c1-12-3-2-6-4-7(10)9(11)8(13)5-6/h4-5,12-13H,2-3H2,1H3. The molecule has 0 aromatic heterocycles. The molecule has 0 radical (unpaired) electrons. The molecule has 0 amide bonds. The lowest BCUT2D eigenvalue weighted by molar-refractivity contribution is 0.431. The number of phenols is 1. The number of aromatic hydroxyl groups is 1. The van der Waals surface area contributed by atoms with Gasteiger partial charge in [0.1, 0.15) is 0 Å². The Morgan fingerprint density at radius 3 is 2.77 bits per heavy atom. The molecule has 72 valence electrons. The van der Waals surface area contributed by atoms with Crippen LogP contribution in [0.5, 0.6) is 5.75 Å². The van der Waals surface area contributed by atoms with E-state index in [1.165, 1.54) is 12.1 Å². The van der Waals surface area contributed by atoms with Gasteiger partial charge in [-0.1, -0.05) is 11.6 Å². The Hall–Kier alpha value is -0.800. The number of halogens is 2. The quantitative estimate of drug-likeness (QED) is 0.787. The maximum absolute atomic E-state index is 12.8. The minimum atomic E-state index is -0.755. The number of phenolic OH excluding ortho intramolecular Hbond substituents is 1. The van der Waals surface area contributed by atoms with Crippen molar-refractivity contribution in [2.75, 3.05) is 13.6 Å². The summed E-state index contributed by atoms with van der Waals surface area (Å²) in [4.78, 5) is 0. The number of hydrogen-bond donors (Lipinski definition) is 2. The highest BCUT2D eigenvalue weighted by atomic mass is 35.5. The first kappa shape index (κ1) is 10.3. The Labute approximate surface area is 81.3 Å². The largest absolute Gasteiger partial charge is 0.505 e. The van der Waals surface area contributed by atoms with Gasteiger partial charge < -0.3 is 10.4 Å². The molecule has 0 aliphatic heterocycles. The molecule has 0 unspecified atom stereocenters. The number of hydrogen-bond acceptors (Lipinski definition) is 2. The zero-order valence-electron chi connectivity index (χ0n) is 7.27. The van der Waals surface area contributed by atoms with E-state index >= 15 is 0 Å². The Kier molecular flexibility index (Phi) is 3.51. The first-order chi connectivity index (χ1) is 6.15. The summed E-state index contributed by atoms with van der Waals surface area (Å²) in [5, 5.41) is 12.0. The van der Waals surface area contributed by atoms with E-state index in [4.69, 9.17) is 16.7 Å². The molecular formula is C9H11ClFNO. The highest BCUT2D eigenvalue weighted by molar-refractivity contribution is 6.30. The molecule has 0 aliphatic rings. The third kappa shape index (κ3) is 2.57. The first-order valence-electron chi connectivity index (χ1n) is 3.96. The van der Waals surface area contributed by atoms with E-state index in [2.05, 4.69) is 5.32 Å². The Balaban J connectivity index is 2.86. The summed E-state index contributed by atoms with van der Waals surface area (Å²) in [7, 11) is 1.82. The van der Waals surface area contributed by atoms with Gasteiger partial charge in [-0.15, -0.1) is 0 Å². The van der Waals surface area contributed by atoms with Crippen LogP contribution < -0.4 is 5.32 Å². The zero-order chi connectivity index (χ0) is 9.84. The van der Waals surface area contributed by atoms with Crippen molar-refractivity contribution in [1.29, 1.82) is 0 Å². The van der Waals surface area contributed by atoms with E-state index in [0.29, 0.717) is 6.42 Å². The monoisotopic (exact) mass is 203 g/mol. The first-order valence-corrected chi connectivity index (χ1v) is 4.34. The number of nitrogens with one attached hydrogen (secondary N) is 1. The van der Waals surface area contributed by atoms with Crippen molar-refractivity contribution in [1.82, 2.24) is 5.32 Å². The Morgan fingerprint density at radius 2 is 2.23 bits per heavy atom. The lowest BCUT2D eigenvalue weighted by atomic mass is 10.1. The molecule has 1 aromatic carbocycles. The van der Waals surface area contributed by atoms with Crippen LogP contribution in [0.1, 0.15) is 5.56 Å². The molecule has 4 heteroatoms. The van der Waals surface area contributed by atoms with Crippen LogP contribution >= 0.6 is 11.6 Å². The molecule has 0 aliphatic carbocycles. The van der Waals surface area contributed by atoms with Gasteiger partial charge in [0.05, 0.1) is 5.02 Å². The summed E-state index contributed by atoms with van der Waals surface area (Å²) in [6.45, 7) is 0.765. The smallest absolute Gasteiger partial charge is 0.183 e. The average Bonchev–Trinajstić information content (AvgIpc) is 2.10. The van der Waals surface area contributed by atoms with Crippen molar-refractivity contribution < 1.29 is 9.50 Å². The molecule has 1 aromatic rings. The van der Waals surface area contributed by atoms with Gasteiger partial charge in [0.15, 0.2) is 11.6 Å². The molecule has 0 bridgehead atoms. The van der Waals surface area contributed by atoms with Crippen LogP contribution in [-0.4, -0.2) is 18.7 Å². The molecule has 0 atom stereocenters. The van der Waals surface area contributed by atoms with Crippen molar-refractivity contribution in [3.8, 4) is 5.75 Å². The predicted molar refractivity (Wildman–Crippen MR) is 50.7 cm³/mol. The molecule has 2 nitrogen and oxygen atoms in total. The van der Waals surface area contributed by atoms with E-state index in [9.17, 15) is 4.39 Å². The van der Waals surface area contributed by atoms with Gasteiger partial charge in [0.25, 0.3) is 0 Å². The van der Waals surface area contributed by atoms with Gasteiger partial charge in [-0.25, -0.2) is 4.39 Å². The number of likely N-dealkylation sites (N-methyl/N-ethyl adjacent to an activating group) is 1. The lowest BCUT2D eigenvalue weighted by Crippen LogP contribution is -2.10. The van der Waals surface area contributed by atoms with Crippen molar-refractivity contribution in [2.24, 2.45) is 0 Å². The Bertz CT molecular complexity index is 281. The third-order valence-electron chi connectivity index (χ3n) is 1.73. The number of rotatable bonds is 3. The van der Waals surface area contributed by atoms with Gasteiger partial charge in [0.2, 0.25) is 0 Å². The van der Waals surface area contributed by atoms with Gasteiger partial charge in [-0.05, 0) is 37.7 Å². The zero-order valence-corrected chi connectivity index (χ0v) is 8.03. The minimum absolute atomic E-state index is 0.0360. The van der Waals surface area contributed by atoms with Gasteiger partial charge in [-0.2, -0.15) is 0 Å². The highest BCUT2D eigenvalue weighted by Crippen LogP contribution is 2.25. The van der Waals surface area contributed by atoms with Crippen LogP contribution in [0.4, 0.5) is 4.39 Å². The van der Waals surface area contributed by atoms with E-state index < -0.39 is 11.6 Å². The maximum Gasteiger partial charge on any atom is 0.183 e. The second kappa shape index (κ2) is 4.44. The molecule has 0 spiro atoms. The van der Waals surface area contributed by atoms with E-state index in [1.54, 1.807) is 0 Å². The Morgan fingerprint density at radius 1 is 1.54 bits per heavy atom. The molecule has 2 N–H and O–H groups in total. The van der Waals surface area contributed by atoms with Crippen LogP contribution in [0.3, 0.4) is 0 Å². The summed E-state index contributed by atoms with van der Waals surface area (Å²) < 4.78 is 12.8. The van der Waals surface area contributed by atoms with E-state index in [0.717, 1.165) is 12.1 Å². The third-order valence-corrected chi connectivity index (χ3v) is 2.01. The van der Waals surface area contributed by atoms with Gasteiger partial charge >= 0.3 is 0 Å². The second-order valence-corrected chi connectivity index (χ2v) is 3.17. The molecule has 1 rings (SSSR count). The normalized spacial score (nSPS) is 10.4. The topological polar surface area (TPSA) is 32.3 Å². The fourth-order valence-electron chi connectivity index (χ4n) is 1.04. The number of benzene rings is 1. The van der Waals surface area contributed by atoms with Crippen LogP contribution in [0, 0.1) is 5.82 Å². The highest BCUT2D eigenvalue weighted by Gasteiger charge is 2.07. The summed E-state index contributed by atoms with van der Waals surface area (Å²) in [5.74, 6) is -1.14. The second-order valence-electron chi connectivity index (χ2n) is 2.76. The molecule has 13 heavy (non-hydrogen) atoms. The molecule has 0 saturated carbocycles. The van der Waals surface area contributed by atoms with E-state index in [-0.39, 0.29) is 5.02 Å². The van der Waals surface area contributed by atoms with Gasteiger partial charge in [-0.3, -0.25) is 0 Å². The van der Waals surface area contributed by atoms with Crippen molar-refractivity contribution in [2.45, 2.75) is 6.42 Å². The van der Waals surface area contributed by atoms with Crippen LogP contribution in [0.15, 0.2) is 12.1 Å². The maximum atomic E-state index is 12.8. The van der Waals surface area contributed by atoms with Crippen LogP contribution in [0.25, 0.3) is 0 Å². The minimum Gasteiger partial charge on any atom is -0.505 e. The average molecular weight is 204 g/mol. The van der Waals surface area contributed by atoms with E-state index in [1.807, 2.05) is 7.05 Å². The molecule has 0 saturated heterocycles. The lowest BCUT2D eigenvalue weighted by Gasteiger charge is -2.03. The van der Waals surface area contributed by atoms with Gasteiger partial charge in [0, 0.05) is 0 Å². The predicted octanol–water partition coefficient (Wildman–Crippen LogP) is 1.95. The summed E-state index contributed by atoms with van der Waals surface area (Å²) in [6, 6.07) is 2.91. The fourth-order valence-corrected chi connectivity index (χ4v) is 1.28. The summed E-state index contributed by atoms with van der Waals surface area (Å²) in [6.07, 6.45) is 0.712. The molecule has 0 fully saturated rings. The SMILES string of the molecule is CNCCc1cc(O)c(F)c(Cl)c1. The van der Waals surface area contributed by atoms with Crippen LogP contribution in [0.2, 0.25) is 5.02 Å². The van der Waals surface area contributed by atoms with Crippen molar-refractivity contribution >= 4 is 11.6 Å².